The van der Waals surface area contributed by atoms with Crippen molar-refractivity contribution in [2.75, 3.05) is 4.90 Å². The number of aromatic nitrogens is 4. The van der Waals surface area contributed by atoms with Crippen molar-refractivity contribution in [3.05, 3.63) is 156 Å². The second kappa shape index (κ2) is 12.2. The van der Waals surface area contributed by atoms with Gasteiger partial charge in [-0.1, -0.05) is 72.8 Å². The van der Waals surface area contributed by atoms with Crippen molar-refractivity contribution in [3.8, 4) is 22.5 Å². The van der Waals surface area contributed by atoms with Gasteiger partial charge in [-0.25, -0.2) is 4.98 Å². The van der Waals surface area contributed by atoms with Gasteiger partial charge in [-0.3, -0.25) is 9.97 Å². The molecule has 0 aliphatic heterocycles. The monoisotopic (exact) mass is 655 g/mol. The Bertz CT molecular complexity index is 2460. The van der Waals surface area contributed by atoms with Crippen LogP contribution in [0, 0.1) is 0 Å². The minimum absolute atomic E-state index is 0.834. The number of para-hydroxylation sites is 1. The molecule has 0 aliphatic carbocycles. The van der Waals surface area contributed by atoms with E-state index in [1.54, 1.807) is 22.7 Å². The smallest absolute Gasteiger partial charge is 0.141 e. The van der Waals surface area contributed by atoms with Crippen molar-refractivity contribution in [1.29, 1.82) is 0 Å². The minimum atomic E-state index is 0.834. The topological polar surface area (TPSA) is 46.8 Å². The molecule has 0 atom stereocenters. The lowest BCUT2D eigenvalue weighted by Crippen LogP contribution is -2.09. The number of thiophene rings is 2. The summed E-state index contributed by atoms with van der Waals surface area (Å²) < 4.78 is 4.92. The van der Waals surface area contributed by atoms with Gasteiger partial charge in [0.1, 0.15) is 5.82 Å². The first kappa shape index (κ1) is 28.6. The van der Waals surface area contributed by atoms with Gasteiger partial charge in [-0.05, 0) is 59.8 Å². The Balaban J connectivity index is 1.20. The van der Waals surface area contributed by atoms with E-state index in [0.717, 1.165) is 46.9 Å². The van der Waals surface area contributed by atoms with Crippen LogP contribution in [0.1, 0.15) is 5.56 Å². The highest BCUT2D eigenvalue weighted by Crippen LogP contribution is 2.46. The number of anilines is 3. The van der Waals surface area contributed by atoms with Gasteiger partial charge < -0.3 is 9.47 Å². The highest BCUT2D eigenvalue weighted by Gasteiger charge is 2.21. The van der Waals surface area contributed by atoms with E-state index in [9.17, 15) is 0 Å². The second-order valence-corrected chi connectivity index (χ2v) is 13.6. The molecule has 7 heteroatoms. The second-order valence-electron chi connectivity index (χ2n) is 11.7. The van der Waals surface area contributed by atoms with Gasteiger partial charge in [0, 0.05) is 61.2 Å². The summed E-state index contributed by atoms with van der Waals surface area (Å²) in [6.07, 6.45) is 8.36. The predicted molar refractivity (Wildman–Crippen MR) is 202 cm³/mol. The average molecular weight is 656 g/mol. The van der Waals surface area contributed by atoms with E-state index in [-0.39, 0.29) is 0 Å². The highest BCUT2D eigenvalue weighted by molar-refractivity contribution is 7.19. The summed E-state index contributed by atoms with van der Waals surface area (Å²) in [5.41, 5.74) is 10.2. The lowest BCUT2D eigenvalue weighted by Gasteiger charge is -2.23. The molecular weight excluding hydrogens is 627 g/mol. The molecule has 0 saturated heterocycles. The average Bonchev–Trinajstić information content (AvgIpc) is 3.87. The molecule has 9 rings (SSSR count). The van der Waals surface area contributed by atoms with Gasteiger partial charge in [-0.2, -0.15) is 0 Å². The quantitative estimate of drug-likeness (QED) is 0.163. The first-order chi connectivity index (χ1) is 23.8. The molecule has 0 radical (unpaired) electrons. The summed E-state index contributed by atoms with van der Waals surface area (Å²) in [5, 5.41) is 7.05. The summed E-state index contributed by atoms with van der Waals surface area (Å²) in [7, 11) is 0. The first-order valence-electron chi connectivity index (χ1n) is 15.9. The number of fused-ring (bicyclic) bond motifs is 3. The van der Waals surface area contributed by atoms with Crippen molar-refractivity contribution in [1.82, 2.24) is 19.5 Å². The number of pyridine rings is 2. The number of rotatable bonds is 8. The third-order valence-corrected chi connectivity index (χ3v) is 10.7. The van der Waals surface area contributed by atoms with Crippen LogP contribution in [-0.4, -0.2) is 19.5 Å². The molecule has 0 unspecified atom stereocenters. The van der Waals surface area contributed by atoms with Crippen LogP contribution in [0.5, 0.6) is 0 Å². The van der Waals surface area contributed by atoms with E-state index in [0.29, 0.717) is 0 Å². The zero-order chi connectivity index (χ0) is 31.9. The van der Waals surface area contributed by atoms with E-state index in [1.165, 1.54) is 42.4 Å². The summed E-state index contributed by atoms with van der Waals surface area (Å²) in [6, 6.07) is 40.7. The van der Waals surface area contributed by atoms with Crippen LogP contribution in [0.4, 0.5) is 17.1 Å². The number of aryl methyl sites for hydroxylation is 2. The molecule has 0 saturated carbocycles. The van der Waals surface area contributed by atoms with Crippen molar-refractivity contribution < 1.29 is 0 Å². The molecular formula is C41H29N5S2. The van der Waals surface area contributed by atoms with Crippen LogP contribution in [0.25, 0.3) is 53.7 Å². The minimum Gasteiger partial charge on any atom is -0.323 e. The fraction of sp³-hybridized carbons (Fsp3) is 0.0488. The number of hydrogen-bond acceptors (Lipinski definition) is 6. The van der Waals surface area contributed by atoms with Crippen LogP contribution >= 0.6 is 22.7 Å². The molecule has 5 heterocycles. The predicted octanol–water partition coefficient (Wildman–Crippen LogP) is 11.3. The highest BCUT2D eigenvalue weighted by atomic mass is 32.1. The lowest BCUT2D eigenvalue weighted by molar-refractivity contribution is 0.724. The van der Waals surface area contributed by atoms with E-state index in [2.05, 4.69) is 133 Å². The zero-order valence-corrected chi connectivity index (χ0v) is 27.5. The largest absolute Gasteiger partial charge is 0.323 e. The van der Waals surface area contributed by atoms with Gasteiger partial charge >= 0.3 is 0 Å². The molecule has 0 spiro atoms. The maximum Gasteiger partial charge on any atom is 0.141 e. The van der Waals surface area contributed by atoms with E-state index >= 15 is 0 Å². The molecule has 9 aromatic rings. The molecule has 0 amide bonds. The maximum atomic E-state index is 5.23. The fourth-order valence-electron chi connectivity index (χ4n) is 6.63. The molecule has 5 nitrogen and oxygen atoms in total. The van der Waals surface area contributed by atoms with Crippen molar-refractivity contribution in [3.63, 3.8) is 0 Å². The fourth-order valence-corrected chi connectivity index (χ4v) is 8.56. The Hall–Kier alpha value is -5.63. The third kappa shape index (κ3) is 5.04. The van der Waals surface area contributed by atoms with Gasteiger partial charge in [0.15, 0.2) is 0 Å². The molecule has 230 valence electrons. The van der Waals surface area contributed by atoms with Gasteiger partial charge in [0.05, 0.1) is 40.5 Å². The van der Waals surface area contributed by atoms with E-state index in [4.69, 9.17) is 4.98 Å². The van der Waals surface area contributed by atoms with E-state index < -0.39 is 0 Å². The molecule has 0 fully saturated rings. The van der Waals surface area contributed by atoms with Crippen molar-refractivity contribution >= 4 is 70.9 Å². The van der Waals surface area contributed by atoms with Crippen LogP contribution in [0.2, 0.25) is 0 Å². The van der Waals surface area contributed by atoms with Crippen LogP contribution in [0.3, 0.4) is 0 Å². The van der Waals surface area contributed by atoms with Crippen LogP contribution < -0.4 is 4.90 Å². The Labute approximate surface area is 286 Å². The molecule has 0 aliphatic rings. The van der Waals surface area contributed by atoms with Gasteiger partial charge in [0.25, 0.3) is 0 Å². The molecule has 48 heavy (non-hydrogen) atoms. The number of nitrogens with zero attached hydrogens (tertiary/aromatic N) is 5. The van der Waals surface area contributed by atoms with Crippen LogP contribution in [0.15, 0.2) is 151 Å². The Morgan fingerprint density at radius 2 is 1.31 bits per heavy atom. The van der Waals surface area contributed by atoms with Gasteiger partial charge in [-0.15, -0.1) is 22.7 Å². The summed E-state index contributed by atoms with van der Waals surface area (Å²) >= 11 is 3.57. The maximum absolute atomic E-state index is 5.23. The zero-order valence-electron chi connectivity index (χ0n) is 25.9. The Kier molecular flexibility index (Phi) is 7.26. The van der Waals surface area contributed by atoms with Gasteiger partial charge in [0.2, 0.25) is 0 Å². The number of hydrogen-bond donors (Lipinski definition) is 0. The number of imidazole rings is 1. The molecule has 4 aromatic carbocycles. The molecule has 5 aromatic heterocycles. The van der Waals surface area contributed by atoms with E-state index in [1.807, 2.05) is 36.9 Å². The van der Waals surface area contributed by atoms with Crippen LogP contribution in [-0.2, 0) is 13.0 Å². The summed E-state index contributed by atoms with van der Waals surface area (Å²) in [4.78, 5) is 16.3. The normalized spacial score (nSPS) is 11.5. The molecule has 0 N–H and O–H groups in total. The summed E-state index contributed by atoms with van der Waals surface area (Å²) in [5.74, 6) is 1.00. The lowest BCUT2D eigenvalue weighted by atomic mass is 10.0. The Morgan fingerprint density at radius 1 is 0.625 bits per heavy atom. The summed E-state index contributed by atoms with van der Waals surface area (Å²) in [6.45, 7) is 0.834. The SMILES string of the molecule is c1ccc(CCn2c(-c3ccccc3)nc3cccc(-c4csc5cc6c(N(c7cccnc7)c7cccnc7)csc6cc45)c32)cc1. The van der Waals surface area contributed by atoms with Crippen molar-refractivity contribution in [2.24, 2.45) is 0 Å². The molecule has 0 bridgehead atoms. The first-order valence-corrected chi connectivity index (χ1v) is 17.7. The van der Waals surface area contributed by atoms with Crippen molar-refractivity contribution in [2.45, 2.75) is 13.0 Å². The standard InChI is InChI=1S/C41H29N5S2/c1-3-10-28(11-4-1)18-21-45-40-32(16-7-17-36(40)44-41(45)29-12-5-2-6-13-29)35-26-47-38-23-34-37(27-48-39(34)22-33(35)38)46(30-14-8-19-42-24-30)31-15-9-20-43-25-31/h1-17,19-20,22-27H,18,21H2. The third-order valence-electron chi connectivity index (χ3n) is 8.85. The Morgan fingerprint density at radius 3 is 2.04 bits per heavy atom. The number of benzene rings is 4.